The van der Waals surface area contributed by atoms with Crippen molar-refractivity contribution in [3.8, 4) is 0 Å². The summed E-state index contributed by atoms with van der Waals surface area (Å²) in [6.45, 7) is 1.68. The van der Waals surface area contributed by atoms with Gasteiger partial charge in [0.1, 0.15) is 0 Å². The molecule has 0 radical (unpaired) electrons. The number of hydrogen-bond acceptors (Lipinski definition) is 2. The fraction of sp³-hybridized carbons (Fsp3) is 0.333. The summed E-state index contributed by atoms with van der Waals surface area (Å²) in [6.07, 6.45) is 6.22. The van der Waals surface area contributed by atoms with Gasteiger partial charge in [-0.05, 0) is 60.4 Å². The molecule has 0 unspecified atom stereocenters. The van der Waals surface area contributed by atoms with Gasteiger partial charge in [0, 0.05) is 18.7 Å². The van der Waals surface area contributed by atoms with E-state index in [1.807, 2.05) is 23.1 Å². The van der Waals surface area contributed by atoms with Gasteiger partial charge in [-0.3, -0.25) is 4.79 Å². The number of rotatable bonds is 1. The predicted octanol–water partition coefficient (Wildman–Crippen LogP) is 3.68. The van der Waals surface area contributed by atoms with Crippen LogP contribution in [0.4, 0.5) is 0 Å². The summed E-state index contributed by atoms with van der Waals surface area (Å²) in [5.74, 6) is 0.137. The Morgan fingerprint density at radius 2 is 1.92 bits per heavy atom. The van der Waals surface area contributed by atoms with E-state index in [2.05, 4.69) is 34.2 Å². The zero-order valence-electron chi connectivity index (χ0n) is 14.2. The van der Waals surface area contributed by atoms with Crippen LogP contribution in [0.25, 0.3) is 11.0 Å². The number of hydrogen-bond donors (Lipinski definition) is 1. The molecular weight excluding hydrogens is 310 g/mol. The monoisotopic (exact) mass is 331 g/mol. The highest BCUT2D eigenvalue weighted by molar-refractivity contribution is 5.97. The molecule has 25 heavy (non-hydrogen) atoms. The van der Waals surface area contributed by atoms with E-state index in [9.17, 15) is 4.79 Å². The van der Waals surface area contributed by atoms with E-state index in [1.165, 1.54) is 24.0 Å². The summed E-state index contributed by atoms with van der Waals surface area (Å²) in [7, 11) is 0. The van der Waals surface area contributed by atoms with Crippen molar-refractivity contribution in [1.29, 1.82) is 0 Å². The number of likely N-dealkylation sites (tertiary alicyclic amines) is 1. The smallest absolute Gasteiger partial charge is 0.253 e. The number of aryl methyl sites for hydroxylation is 1. The van der Waals surface area contributed by atoms with E-state index in [0.29, 0.717) is 5.41 Å². The first kappa shape index (κ1) is 14.7. The van der Waals surface area contributed by atoms with E-state index >= 15 is 0 Å². The molecule has 4 nitrogen and oxygen atoms in total. The number of imidazole rings is 1. The normalized spacial score (nSPS) is 18.6. The van der Waals surface area contributed by atoms with Crippen molar-refractivity contribution in [2.45, 2.75) is 31.1 Å². The molecule has 1 amide bonds. The maximum Gasteiger partial charge on any atom is 0.253 e. The molecule has 1 N–H and O–H groups in total. The number of aromatic amines is 1. The average Bonchev–Trinajstić information content (AvgIpc) is 3.27. The van der Waals surface area contributed by atoms with Crippen LogP contribution in [0.5, 0.6) is 0 Å². The summed E-state index contributed by atoms with van der Waals surface area (Å²) in [4.78, 5) is 22.2. The van der Waals surface area contributed by atoms with Crippen LogP contribution in [0.3, 0.4) is 0 Å². The third-order valence-corrected chi connectivity index (χ3v) is 6.14. The van der Waals surface area contributed by atoms with Crippen molar-refractivity contribution in [2.24, 2.45) is 0 Å². The van der Waals surface area contributed by atoms with Crippen LogP contribution in [0.15, 0.2) is 48.8 Å². The summed E-state index contributed by atoms with van der Waals surface area (Å²) < 4.78 is 0. The maximum absolute atomic E-state index is 12.9. The van der Waals surface area contributed by atoms with Gasteiger partial charge >= 0.3 is 0 Å². The topological polar surface area (TPSA) is 49.0 Å². The van der Waals surface area contributed by atoms with Gasteiger partial charge in [0.15, 0.2) is 0 Å². The molecule has 1 aliphatic carbocycles. The highest BCUT2D eigenvalue weighted by Crippen LogP contribution is 2.46. The number of piperidine rings is 1. The van der Waals surface area contributed by atoms with Crippen LogP contribution in [0.2, 0.25) is 0 Å². The summed E-state index contributed by atoms with van der Waals surface area (Å²) in [5, 5.41) is 0. The van der Waals surface area contributed by atoms with Gasteiger partial charge < -0.3 is 9.88 Å². The zero-order valence-corrected chi connectivity index (χ0v) is 14.2. The molecule has 5 rings (SSSR count). The summed E-state index contributed by atoms with van der Waals surface area (Å²) in [6, 6.07) is 14.6. The molecule has 1 aromatic heterocycles. The van der Waals surface area contributed by atoms with E-state index in [4.69, 9.17) is 0 Å². The first-order chi connectivity index (χ1) is 12.3. The largest absolute Gasteiger partial charge is 0.345 e. The fourth-order valence-corrected chi connectivity index (χ4v) is 4.67. The molecule has 4 heteroatoms. The Labute approximate surface area is 146 Å². The van der Waals surface area contributed by atoms with Crippen molar-refractivity contribution in [3.05, 3.63) is 65.5 Å². The molecule has 1 fully saturated rings. The van der Waals surface area contributed by atoms with Crippen molar-refractivity contribution in [3.63, 3.8) is 0 Å². The number of H-pyrrole nitrogens is 1. The molecule has 126 valence electrons. The van der Waals surface area contributed by atoms with Crippen LogP contribution in [-0.2, 0) is 11.8 Å². The standard InChI is InChI=1S/C21H21N3O/c25-20(16-5-6-18-19(13-16)23-14-22-18)24-11-9-21(10-12-24)8-7-15-3-1-2-4-17(15)21/h1-6,13-14H,7-12H2,(H,22,23). The lowest BCUT2D eigenvalue weighted by molar-refractivity contribution is 0.0666. The van der Waals surface area contributed by atoms with E-state index in [-0.39, 0.29) is 5.91 Å². The molecule has 2 aromatic carbocycles. The highest BCUT2D eigenvalue weighted by Gasteiger charge is 2.41. The van der Waals surface area contributed by atoms with Crippen molar-refractivity contribution < 1.29 is 4.79 Å². The Hall–Kier alpha value is -2.62. The third kappa shape index (κ3) is 2.28. The third-order valence-electron chi connectivity index (χ3n) is 6.14. The van der Waals surface area contributed by atoms with Crippen molar-refractivity contribution in [1.82, 2.24) is 14.9 Å². The van der Waals surface area contributed by atoms with Crippen LogP contribution < -0.4 is 0 Å². The minimum Gasteiger partial charge on any atom is -0.345 e. The van der Waals surface area contributed by atoms with Crippen LogP contribution in [0.1, 0.15) is 40.7 Å². The first-order valence-electron chi connectivity index (χ1n) is 9.06. The number of carbonyl (C=O) groups excluding carboxylic acids is 1. The lowest BCUT2D eigenvalue weighted by atomic mass is 9.74. The molecule has 2 heterocycles. The highest BCUT2D eigenvalue weighted by atomic mass is 16.2. The number of nitrogens with one attached hydrogen (secondary N) is 1. The summed E-state index contributed by atoms with van der Waals surface area (Å²) >= 11 is 0. The number of carbonyl (C=O) groups is 1. The van der Waals surface area contributed by atoms with Crippen molar-refractivity contribution in [2.75, 3.05) is 13.1 Å². The Morgan fingerprint density at radius 1 is 1.08 bits per heavy atom. The number of aromatic nitrogens is 2. The van der Waals surface area contributed by atoms with E-state index in [1.54, 1.807) is 6.33 Å². The molecule has 1 saturated heterocycles. The number of amides is 1. The SMILES string of the molecule is O=C(c1ccc2nc[nH]c2c1)N1CCC2(CCc3ccccc32)CC1. The number of fused-ring (bicyclic) bond motifs is 3. The van der Waals surface area contributed by atoms with Gasteiger partial charge in [-0.1, -0.05) is 24.3 Å². The van der Waals surface area contributed by atoms with Gasteiger partial charge in [-0.15, -0.1) is 0 Å². The minimum atomic E-state index is 0.137. The second-order valence-corrected chi connectivity index (χ2v) is 7.36. The second kappa shape index (κ2) is 5.45. The van der Waals surface area contributed by atoms with Gasteiger partial charge in [-0.25, -0.2) is 4.98 Å². The molecule has 2 aliphatic rings. The van der Waals surface area contributed by atoms with Crippen LogP contribution >= 0.6 is 0 Å². The maximum atomic E-state index is 12.9. The van der Waals surface area contributed by atoms with Gasteiger partial charge in [0.25, 0.3) is 5.91 Å². The molecule has 3 aromatic rings. The molecular formula is C21H21N3O. The van der Waals surface area contributed by atoms with Gasteiger partial charge in [0.05, 0.1) is 17.4 Å². The average molecular weight is 331 g/mol. The Kier molecular flexibility index (Phi) is 3.20. The number of benzene rings is 2. The Morgan fingerprint density at radius 3 is 2.80 bits per heavy atom. The molecule has 1 aliphatic heterocycles. The van der Waals surface area contributed by atoms with Crippen LogP contribution in [0, 0.1) is 0 Å². The van der Waals surface area contributed by atoms with E-state index < -0.39 is 0 Å². The fourth-order valence-electron chi connectivity index (χ4n) is 4.67. The lowest BCUT2D eigenvalue weighted by Gasteiger charge is -2.40. The zero-order chi connectivity index (χ0) is 16.9. The molecule has 0 bridgehead atoms. The number of nitrogens with zero attached hydrogens (tertiary/aromatic N) is 2. The van der Waals surface area contributed by atoms with E-state index in [0.717, 1.165) is 42.5 Å². The molecule has 0 atom stereocenters. The Balaban J connectivity index is 1.36. The van der Waals surface area contributed by atoms with Crippen LogP contribution in [-0.4, -0.2) is 33.9 Å². The Bertz CT molecular complexity index is 950. The van der Waals surface area contributed by atoms with Crippen molar-refractivity contribution >= 4 is 16.9 Å². The summed E-state index contributed by atoms with van der Waals surface area (Å²) in [5.41, 5.74) is 5.90. The molecule has 0 saturated carbocycles. The predicted molar refractivity (Wildman–Crippen MR) is 97.7 cm³/mol. The molecule has 1 spiro atoms. The van der Waals surface area contributed by atoms with Gasteiger partial charge in [0.2, 0.25) is 0 Å². The lowest BCUT2D eigenvalue weighted by Crippen LogP contribution is -2.44. The minimum absolute atomic E-state index is 0.137. The first-order valence-corrected chi connectivity index (χ1v) is 9.06. The second-order valence-electron chi connectivity index (χ2n) is 7.36. The van der Waals surface area contributed by atoms with Gasteiger partial charge in [-0.2, -0.15) is 0 Å². The quantitative estimate of drug-likeness (QED) is 0.739.